The van der Waals surface area contributed by atoms with Gasteiger partial charge < -0.3 is 4.74 Å². The summed E-state index contributed by atoms with van der Waals surface area (Å²) in [7, 11) is 0. The van der Waals surface area contributed by atoms with Crippen LogP contribution in [0.2, 0.25) is 0 Å². The zero-order chi connectivity index (χ0) is 13.7. The van der Waals surface area contributed by atoms with Gasteiger partial charge in [-0.05, 0) is 26.7 Å². The van der Waals surface area contributed by atoms with Crippen molar-refractivity contribution in [1.29, 1.82) is 0 Å². The van der Waals surface area contributed by atoms with Crippen molar-refractivity contribution in [1.82, 2.24) is 10.3 Å². The second kappa shape index (κ2) is 7.01. The van der Waals surface area contributed by atoms with Crippen molar-refractivity contribution in [3.63, 3.8) is 0 Å². The lowest BCUT2D eigenvalue weighted by Gasteiger charge is -2.27. The Balaban J connectivity index is 2.09. The zero-order valence-electron chi connectivity index (χ0n) is 11.6. The molecular formula is C14H22N2O2S. The fraction of sp³-hybridized carbons (Fsp3) is 0.714. The predicted octanol–water partition coefficient (Wildman–Crippen LogP) is 2.98. The first kappa shape index (κ1) is 14.5. The molecule has 0 saturated heterocycles. The number of nitrogens with one attached hydrogen (secondary N) is 1. The van der Waals surface area contributed by atoms with Gasteiger partial charge in [0, 0.05) is 6.04 Å². The molecule has 1 aromatic heterocycles. The third-order valence-corrected chi connectivity index (χ3v) is 4.57. The minimum atomic E-state index is -0.351. The van der Waals surface area contributed by atoms with Gasteiger partial charge in [0.2, 0.25) is 0 Å². The Kier molecular flexibility index (Phi) is 5.34. The summed E-state index contributed by atoms with van der Waals surface area (Å²) in [6, 6.07) is 0.0696. The Bertz CT molecular complexity index is 413. The molecule has 0 bridgehead atoms. The Morgan fingerprint density at radius 1 is 1.53 bits per heavy atom. The Morgan fingerprint density at radius 2 is 2.26 bits per heavy atom. The first-order valence-corrected chi connectivity index (χ1v) is 7.93. The second-order valence-electron chi connectivity index (χ2n) is 4.99. The molecule has 1 unspecified atom stereocenters. The van der Waals surface area contributed by atoms with Crippen LogP contribution >= 0.6 is 11.3 Å². The molecule has 1 heterocycles. The van der Waals surface area contributed by atoms with E-state index in [9.17, 15) is 4.79 Å². The maximum atomic E-state index is 12.2. The summed E-state index contributed by atoms with van der Waals surface area (Å²) in [5, 5.41) is 3.48. The van der Waals surface area contributed by atoms with Crippen LogP contribution in [0, 0.1) is 6.92 Å². The fourth-order valence-corrected chi connectivity index (χ4v) is 3.42. The van der Waals surface area contributed by atoms with Crippen LogP contribution in [0.1, 0.15) is 55.6 Å². The number of carbonyl (C=O) groups excluding carboxylic acids is 1. The summed E-state index contributed by atoms with van der Waals surface area (Å²) in [4.78, 5) is 17.4. The standard InChI is InChI=1S/C14H22N2O2S/c1-3-18-14(17)12(13-10(2)15-9-19-13)16-11-7-5-4-6-8-11/h9,11-12,16H,3-8H2,1-2H3. The van der Waals surface area contributed by atoms with Crippen LogP contribution in [0.4, 0.5) is 0 Å². The molecule has 0 radical (unpaired) electrons. The molecule has 5 heteroatoms. The molecule has 1 aliphatic rings. The lowest BCUT2D eigenvalue weighted by molar-refractivity contribution is -0.146. The summed E-state index contributed by atoms with van der Waals surface area (Å²) in [5.74, 6) is -0.180. The summed E-state index contributed by atoms with van der Waals surface area (Å²) in [5.41, 5.74) is 2.71. The number of nitrogens with zero attached hydrogens (tertiary/aromatic N) is 1. The zero-order valence-corrected chi connectivity index (χ0v) is 12.5. The molecule has 106 valence electrons. The number of esters is 1. The first-order valence-electron chi connectivity index (χ1n) is 7.05. The SMILES string of the molecule is CCOC(=O)C(NC1CCCCC1)c1scnc1C. The van der Waals surface area contributed by atoms with Gasteiger partial charge in [-0.3, -0.25) is 5.32 Å². The highest BCUT2D eigenvalue weighted by Gasteiger charge is 2.28. The van der Waals surface area contributed by atoms with Crippen LogP contribution < -0.4 is 5.32 Å². The van der Waals surface area contributed by atoms with Crippen molar-refractivity contribution >= 4 is 17.3 Å². The molecule has 1 atom stereocenters. The molecule has 2 rings (SSSR count). The fourth-order valence-electron chi connectivity index (χ4n) is 2.57. The van der Waals surface area contributed by atoms with Gasteiger partial charge in [0.15, 0.2) is 0 Å². The van der Waals surface area contributed by atoms with E-state index < -0.39 is 0 Å². The molecule has 1 aliphatic carbocycles. The van der Waals surface area contributed by atoms with E-state index in [0.717, 1.165) is 23.4 Å². The Labute approximate surface area is 118 Å². The van der Waals surface area contributed by atoms with Gasteiger partial charge in [-0.15, -0.1) is 11.3 Å². The van der Waals surface area contributed by atoms with Crippen LogP contribution in [-0.2, 0) is 9.53 Å². The molecule has 1 saturated carbocycles. The van der Waals surface area contributed by atoms with Gasteiger partial charge in [-0.25, -0.2) is 9.78 Å². The molecule has 1 N–H and O–H groups in total. The number of thiazole rings is 1. The number of aromatic nitrogens is 1. The van der Waals surface area contributed by atoms with Crippen molar-refractivity contribution in [2.45, 2.75) is 58.0 Å². The monoisotopic (exact) mass is 282 g/mol. The highest BCUT2D eigenvalue weighted by molar-refractivity contribution is 7.10. The highest BCUT2D eigenvalue weighted by atomic mass is 32.1. The number of ether oxygens (including phenoxy) is 1. The molecule has 4 nitrogen and oxygen atoms in total. The number of hydrogen-bond donors (Lipinski definition) is 1. The van der Waals surface area contributed by atoms with E-state index in [4.69, 9.17) is 4.74 Å². The maximum absolute atomic E-state index is 12.2. The van der Waals surface area contributed by atoms with E-state index in [1.807, 2.05) is 13.8 Å². The van der Waals surface area contributed by atoms with Gasteiger partial charge in [0.1, 0.15) is 6.04 Å². The highest BCUT2D eigenvalue weighted by Crippen LogP contribution is 2.26. The van der Waals surface area contributed by atoms with Gasteiger partial charge in [0.25, 0.3) is 0 Å². The van der Waals surface area contributed by atoms with E-state index in [0.29, 0.717) is 12.6 Å². The van der Waals surface area contributed by atoms with Crippen LogP contribution in [0.3, 0.4) is 0 Å². The molecule has 0 aromatic carbocycles. The Morgan fingerprint density at radius 3 is 2.84 bits per heavy atom. The van der Waals surface area contributed by atoms with E-state index in [1.165, 1.54) is 30.6 Å². The van der Waals surface area contributed by atoms with Crippen molar-refractivity contribution in [3.8, 4) is 0 Å². The third kappa shape index (κ3) is 3.76. The lowest BCUT2D eigenvalue weighted by Crippen LogP contribution is -2.39. The lowest BCUT2D eigenvalue weighted by atomic mass is 9.94. The van der Waals surface area contributed by atoms with E-state index in [2.05, 4.69) is 10.3 Å². The van der Waals surface area contributed by atoms with Gasteiger partial charge >= 0.3 is 5.97 Å². The first-order chi connectivity index (χ1) is 9.22. The van der Waals surface area contributed by atoms with Gasteiger partial charge in [-0.2, -0.15) is 0 Å². The quantitative estimate of drug-likeness (QED) is 0.844. The molecule has 1 aromatic rings. The topological polar surface area (TPSA) is 51.2 Å². The molecular weight excluding hydrogens is 260 g/mol. The summed E-state index contributed by atoms with van der Waals surface area (Å²) in [6.07, 6.45) is 6.09. The summed E-state index contributed by atoms with van der Waals surface area (Å²) < 4.78 is 5.20. The Hall–Kier alpha value is -0.940. The maximum Gasteiger partial charge on any atom is 0.328 e. The van der Waals surface area contributed by atoms with E-state index >= 15 is 0 Å². The van der Waals surface area contributed by atoms with Crippen LogP contribution in [-0.4, -0.2) is 23.6 Å². The van der Waals surface area contributed by atoms with Crippen LogP contribution in [0.15, 0.2) is 5.51 Å². The van der Waals surface area contributed by atoms with Crippen molar-refractivity contribution < 1.29 is 9.53 Å². The molecule has 0 aliphatic heterocycles. The molecule has 0 spiro atoms. The van der Waals surface area contributed by atoms with E-state index in [-0.39, 0.29) is 12.0 Å². The minimum absolute atomic E-state index is 0.180. The predicted molar refractivity (Wildman–Crippen MR) is 76.2 cm³/mol. The number of carbonyl (C=O) groups is 1. The van der Waals surface area contributed by atoms with Crippen LogP contribution in [0.5, 0.6) is 0 Å². The van der Waals surface area contributed by atoms with E-state index in [1.54, 1.807) is 5.51 Å². The van der Waals surface area contributed by atoms with Crippen LogP contribution in [0.25, 0.3) is 0 Å². The summed E-state index contributed by atoms with van der Waals surface area (Å²) in [6.45, 7) is 4.20. The number of hydrogen-bond acceptors (Lipinski definition) is 5. The van der Waals surface area contributed by atoms with Crippen molar-refractivity contribution in [2.24, 2.45) is 0 Å². The smallest absolute Gasteiger partial charge is 0.328 e. The van der Waals surface area contributed by atoms with Crippen molar-refractivity contribution in [2.75, 3.05) is 6.61 Å². The molecule has 1 fully saturated rings. The number of rotatable bonds is 5. The minimum Gasteiger partial charge on any atom is -0.465 e. The average molecular weight is 282 g/mol. The largest absolute Gasteiger partial charge is 0.465 e. The molecule has 19 heavy (non-hydrogen) atoms. The second-order valence-corrected chi connectivity index (χ2v) is 5.88. The van der Waals surface area contributed by atoms with Gasteiger partial charge in [-0.1, -0.05) is 19.3 Å². The average Bonchev–Trinajstić information content (AvgIpc) is 2.83. The van der Waals surface area contributed by atoms with Crippen molar-refractivity contribution in [3.05, 3.63) is 16.1 Å². The van der Waals surface area contributed by atoms with Gasteiger partial charge in [0.05, 0.1) is 22.7 Å². The third-order valence-electron chi connectivity index (χ3n) is 3.57. The summed E-state index contributed by atoms with van der Waals surface area (Å²) >= 11 is 1.53. The molecule has 0 amide bonds. The normalized spacial score (nSPS) is 18.2. The number of aryl methyl sites for hydroxylation is 1.